The molecule has 1 N–H and O–H groups in total. The number of nitrogens with zero attached hydrogens (tertiary/aromatic N) is 2. The largest absolute Gasteiger partial charge is 0.387 e. The fourth-order valence-electron chi connectivity index (χ4n) is 2.13. The molecule has 1 heterocycles. The summed E-state index contributed by atoms with van der Waals surface area (Å²) < 4.78 is 25.7. The minimum Gasteiger partial charge on any atom is -0.387 e. The molecule has 1 atom stereocenters. The molecule has 0 aliphatic rings. The maximum Gasteiger partial charge on any atom is 0.141 e. The molecular weight excluding hydrogens is 274 g/mol. The molecule has 1 unspecified atom stereocenters. The van der Waals surface area contributed by atoms with E-state index in [9.17, 15) is 13.9 Å². The van der Waals surface area contributed by atoms with Gasteiger partial charge >= 0.3 is 0 Å². The van der Waals surface area contributed by atoms with E-state index in [1.54, 1.807) is 12.1 Å². The van der Waals surface area contributed by atoms with Crippen LogP contribution >= 0.6 is 0 Å². The van der Waals surface area contributed by atoms with Crippen LogP contribution in [0.15, 0.2) is 42.6 Å². The molecule has 0 bridgehead atoms. The van der Waals surface area contributed by atoms with Crippen molar-refractivity contribution in [3.05, 3.63) is 59.9 Å². The van der Waals surface area contributed by atoms with Gasteiger partial charge in [0, 0.05) is 18.8 Å². The molecular formula is C16H18F2N2O. The normalized spacial score (nSPS) is 12.2. The SMILES string of the molecule is CCN(CCC(O)c1ccc(F)cn1)c1ccc(F)cc1. The fraction of sp³-hybridized carbons (Fsp3) is 0.312. The number of halogens is 2. The zero-order chi connectivity index (χ0) is 15.2. The summed E-state index contributed by atoms with van der Waals surface area (Å²) in [5, 5.41) is 10.1. The first-order valence-electron chi connectivity index (χ1n) is 6.90. The summed E-state index contributed by atoms with van der Waals surface area (Å²) >= 11 is 0. The number of benzene rings is 1. The molecule has 5 heteroatoms. The van der Waals surface area contributed by atoms with Crippen molar-refractivity contribution < 1.29 is 13.9 Å². The van der Waals surface area contributed by atoms with Crippen molar-refractivity contribution >= 4 is 5.69 Å². The molecule has 3 nitrogen and oxygen atoms in total. The van der Waals surface area contributed by atoms with Crippen molar-refractivity contribution in [3.63, 3.8) is 0 Å². The summed E-state index contributed by atoms with van der Waals surface area (Å²) in [7, 11) is 0. The third-order valence-electron chi connectivity index (χ3n) is 3.34. The first-order valence-corrected chi connectivity index (χ1v) is 6.90. The van der Waals surface area contributed by atoms with Crippen molar-refractivity contribution in [2.45, 2.75) is 19.4 Å². The molecule has 0 aliphatic carbocycles. The second-order valence-electron chi connectivity index (χ2n) is 4.76. The molecule has 1 aromatic heterocycles. The summed E-state index contributed by atoms with van der Waals surface area (Å²) in [6.45, 7) is 3.34. The van der Waals surface area contributed by atoms with Crippen LogP contribution in [-0.4, -0.2) is 23.2 Å². The Morgan fingerprint density at radius 1 is 1.10 bits per heavy atom. The Hall–Kier alpha value is -2.01. The Labute approximate surface area is 122 Å². The summed E-state index contributed by atoms with van der Waals surface area (Å²) in [5.41, 5.74) is 1.35. The lowest BCUT2D eigenvalue weighted by molar-refractivity contribution is 0.164. The van der Waals surface area contributed by atoms with E-state index in [2.05, 4.69) is 4.98 Å². The van der Waals surface area contributed by atoms with Gasteiger partial charge in [-0.25, -0.2) is 8.78 Å². The maximum absolute atomic E-state index is 12.9. The summed E-state index contributed by atoms with van der Waals surface area (Å²) in [4.78, 5) is 5.91. The highest BCUT2D eigenvalue weighted by Gasteiger charge is 2.12. The van der Waals surface area contributed by atoms with E-state index in [1.165, 1.54) is 24.3 Å². The van der Waals surface area contributed by atoms with Crippen LogP contribution in [0.2, 0.25) is 0 Å². The van der Waals surface area contributed by atoms with Crippen LogP contribution in [0.4, 0.5) is 14.5 Å². The number of hydrogen-bond donors (Lipinski definition) is 1. The van der Waals surface area contributed by atoms with Crippen LogP contribution < -0.4 is 4.90 Å². The molecule has 2 rings (SSSR count). The Kier molecular flexibility index (Phi) is 5.22. The van der Waals surface area contributed by atoms with Crippen LogP contribution in [0.3, 0.4) is 0 Å². The van der Waals surface area contributed by atoms with Gasteiger partial charge in [-0.05, 0) is 49.7 Å². The predicted octanol–water partition coefficient (Wildman–Crippen LogP) is 3.31. The zero-order valence-electron chi connectivity index (χ0n) is 11.8. The molecule has 0 amide bonds. The summed E-state index contributed by atoms with van der Waals surface area (Å²) in [6.07, 6.45) is 0.806. The van der Waals surface area contributed by atoms with Gasteiger partial charge in [-0.2, -0.15) is 0 Å². The number of rotatable bonds is 6. The first-order chi connectivity index (χ1) is 10.1. The second kappa shape index (κ2) is 7.13. The summed E-state index contributed by atoms with van der Waals surface area (Å²) in [5.74, 6) is -0.696. The number of pyridine rings is 1. The Bertz CT molecular complexity index is 557. The zero-order valence-corrected chi connectivity index (χ0v) is 11.8. The standard InChI is InChI=1S/C16H18F2N2O/c1-2-20(14-6-3-12(17)4-7-14)10-9-16(21)15-8-5-13(18)11-19-15/h3-8,11,16,21H,2,9-10H2,1H3. The lowest BCUT2D eigenvalue weighted by Gasteiger charge is -2.24. The molecule has 0 spiro atoms. The summed E-state index contributed by atoms with van der Waals surface area (Å²) in [6, 6.07) is 9.01. The van der Waals surface area contributed by atoms with Gasteiger partial charge < -0.3 is 10.0 Å². The minimum atomic E-state index is -0.750. The van der Waals surface area contributed by atoms with Crippen molar-refractivity contribution in [2.24, 2.45) is 0 Å². The van der Waals surface area contributed by atoms with E-state index in [0.29, 0.717) is 18.7 Å². The predicted molar refractivity (Wildman–Crippen MR) is 78.1 cm³/mol. The molecule has 112 valence electrons. The topological polar surface area (TPSA) is 36.4 Å². The lowest BCUT2D eigenvalue weighted by atomic mass is 10.1. The van der Waals surface area contributed by atoms with Crippen LogP contribution in [0, 0.1) is 11.6 Å². The third kappa shape index (κ3) is 4.23. The number of hydrogen-bond acceptors (Lipinski definition) is 3. The van der Waals surface area contributed by atoms with Crippen molar-refractivity contribution in [1.82, 2.24) is 4.98 Å². The van der Waals surface area contributed by atoms with E-state index >= 15 is 0 Å². The van der Waals surface area contributed by atoms with Gasteiger partial charge in [-0.3, -0.25) is 4.98 Å². The molecule has 0 saturated heterocycles. The molecule has 2 aromatic rings. The van der Waals surface area contributed by atoms with Crippen LogP contribution in [-0.2, 0) is 0 Å². The quantitative estimate of drug-likeness (QED) is 0.887. The van der Waals surface area contributed by atoms with E-state index in [0.717, 1.165) is 18.4 Å². The molecule has 1 aromatic carbocycles. The monoisotopic (exact) mass is 292 g/mol. The second-order valence-corrected chi connectivity index (χ2v) is 4.76. The van der Waals surface area contributed by atoms with Gasteiger partial charge in [-0.1, -0.05) is 0 Å². The minimum absolute atomic E-state index is 0.273. The lowest BCUT2D eigenvalue weighted by Crippen LogP contribution is -2.25. The van der Waals surface area contributed by atoms with Crippen LogP contribution in [0.5, 0.6) is 0 Å². The highest BCUT2D eigenvalue weighted by Crippen LogP contribution is 2.19. The van der Waals surface area contributed by atoms with Gasteiger partial charge in [0.2, 0.25) is 0 Å². The molecule has 0 saturated carbocycles. The molecule has 0 aliphatic heterocycles. The van der Waals surface area contributed by atoms with Crippen LogP contribution in [0.25, 0.3) is 0 Å². The van der Waals surface area contributed by atoms with Gasteiger partial charge in [0.25, 0.3) is 0 Å². The Morgan fingerprint density at radius 2 is 1.76 bits per heavy atom. The number of aliphatic hydroxyl groups is 1. The smallest absolute Gasteiger partial charge is 0.141 e. The van der Waals surface area contributed by atoms with Gasteiger partial charge in [0.15, 0.2) is 0 Å². The van der Waals surface area contributed by atoms with E-state index < -0.39 is 11.9 Å². The van der Waals surface area contributed by atoms with Crippen molar-refractivity contribution in [1.29, 1.82) is 0 Å². The number of aromatic nitrogens is 1. The number of anilines is 1. The highest BCUT2D eigenvalue weighted by molar-refractivity contribution is 5.46. The van der Waals surface area contributed by atoms with E-state index in [-0.39, 0.29) is 5.82 Å². The highest BCUT2D eigenvalue weighted by atomic mass is 19.1. The van der Waals surface area contributed by atoms with Gasteiger partial charge in [0.05, 0.1) is 18.0 Å². The van der Waals surface area contributed by atoms with E-state index in [1.807, 2.05) is 11.8 Å². The Balaban J connectivity index is 1.96. The molecule has 21 heavy (non-hydrogen) atoms. The maximum atomic E-state index is 12.9. The first kappa shape index (κ1) is 15.4. The van der Waals surface area contributed by atoms with Crippen molar-refractivity contribution in [2.75, 3.05) is 18.0 Å². The van der Waals surface area contributed by atoms with Crippen LogP contribution in [0.1, 0.15) is 25.1 Å². The van der Waals surface area contributed by atoms with Crippen molar-refractivity contribution in [3.8, 4) is 0 Å². The third-order valence-corrected chi connectivity index (χ3v) is 3.34. The average Bonchev–Trinajstić information content (AvgIpc) is 2.50. The molecule has 0 radical (unpaired) electrons. The van der Waals surface area contributed by atoms with Gasteiger partial charge in [0.1, 0.15) is 11.6 Å². The van der Waals surface area contributed by atoms with Gasteiger partial charge in [-0.15, -0.1) is 0 Å². The molecule has 0 fully saturated rings. The fourth-order valence-corrected chi connectivity index (χ4v) is 2.13. The number of aliphatic hydroxyl groups excluding tert-OH is 1. The van der Waals surface area contributed by atoms with E-state index in [4.69, 9.17) is 0 Å². The average molecular weight is 292 g/mol. The Morgan fingerprint density at radius 3 is 2.33 bits per heavy atom.